The molecule has 122 valence electrons. The number of aromatic nitrogens is 5. The van der Waals surface area contributed by atoms with Crippen molar-refractivity contribution in [3.05, 3.63) is 34.3 Å². The Balaban J connectivity index is 2.19. The summed E-state index contributed by atoms with van der Waals surface area (Å²) in [6, 6.07) is 2.72. The van der Waals surface area contributed by atoms with Crippen molar-refractivity contribution in [3.63, 3.8) is 0 Å². The van der Waals surface area contributed by atoms with Gasteiger partial charge in [0.15, 0.2) is 22.7 Å². The van der Waals surface area contributed by atoms with E-state index in [0.717, 1.165) is 21.3 Å². The van der Waals surface area contributed by atoms with E-state index in [-0.39, 0.29) is 0 Å². The zero-order chi connectivity index (χ0) is 17.0. The predicted octanol–water partition coefficient (Wildman–Crippen LogP) is 3.47. The molecule has 0 saturated heterocycles. The summed E-state index contributed by atoms with van der Waals surface area (Å²) in [4.78, 5) is 10.0. The number of imidazole rings is 1. The van der Waals surface area contributed by atoms with Crippen LogP contribution >= 0.6 is 11.3 Å². The first-order chi connectivity index (χ1) is 11.5. The first-order valence-electron chi connectivity index (χ1n) is 7.33. The summed E-state index contributed by atoms with van der Waals surface area (Å²) in [6.45, 7) is 5.75. The molecule has 0 radical (unpaired) electrons. The molecule has 0 aliphatic rings. The number of ether oxygens (including phenoxy) is 1. The van der Waals surface area contributed by atoms with Crippen LogP contribution in [0.3, 0.4) is 0 Å². The highest BCUT2D eigenvalue weighted by molar-refractivity contribution is 7.15. The Hall–Kier alpha value is -2.61. The molecule has 6 nitrogen and oxygen atoms in total. The number of halogens is 1. The lowest BCUT2D eigenvalue weighted by molar-refractivity contribution is 0.415. The Kier molecular flexibility index (Phi) is 3.24. The standard InChI is InChI=1S/C16H14FN5OS/c1-7-14(24-9(3)18-7)16-19-8(2)15-21-20-13-11(22(15)16)5-10(17)6-12(13)23-4/h5-6H,1-4H3. The first-order valence-corrected chi connectivity index (χ1v) is 8.14. The molecule has 0 saturated carbocycles. The fourth-order valence-electron chi connectivity index (χ4n) is 2.84. The van der Waals surface area contributed by atoms with Gasteiger partial charge in [0.05, 0.1) is 33.9 Å². The van der Waals surface area contributed by atoms with E-state index >= 15 is 0 Å². The Morgan fingerprint density at radius 2 is 1.88 bits per heavy atom. The number of hydrogen-bond acceptors (Lipinski definition) is 6. The third-order valence-corrected chi connectivity index (χ3v) is 4.92. The minimum Gasteiger partial charge on any atom is -0.494 e. The van der Waals surface area contributed by atoms with Crippen molar-refractivity contribution in [2.24, 2.45) is 0 Å². The molecule has 0 fully saturated rings. The Morgan fingerprint density at radius 1 is 1.08 bits per heavy atom. The van der Waals surface area contributed by atoms with Crippen LogP contribution in [0.4, 0.5) is 4.39 Å². The van der Waals surface area contributed by atoms with Gasteiger partial charge in [-0.2, -0.15) is 0 Å². The van der Waals surface area contributed by atoms with E-state index in [1.165, 1.54) is 19.2 Å². The highest BCUT2D eigenvalue weighted by Gasteiger charge is 2.20. The van der Waals surface area contributed by atoms with Gasteiger partial charge in [-0.15, -0.1) is 21.5 Å². The molecular formula is C16H14FN5OS. The Bertz CT molecular complexity index is 1100. The van der Waals surface area contributed by atoms with Gasteiger partial charge in [-0.3, -0.25) is 4.40 Å². The summed E-state index contributed by atoms with van der Waals surface area (Å²) in [6.07, 6.45) is 0. The zero-order valence-electron chi connectivity index (χ0n) is 13.6. The van der Waals surface area contributed by atoms with Crippen molar-refractivity contribution in [2.45, 2.75) is 20.8 Å². The van der Waals surface area contributed by atoms with Gasteiger partial charge in [-0.1, -0.05) is 0 Å². The highest BCUT2D eigenvalue weighted by Crippen LogP contribution is 2.33. The number of fused-ring (bicyclic) bond motifs is 3. The molecule has 0 atom stereocenters. The maximum Gasteiger partial charge on any atom is 0.183 e. The molecule has 0 bridgehead atoms. The monoisotopic (exact) mass is 343 g/mol. The third kappa shape index (κ3) is 2.06. The number of rotatable bonds is 2. The maximum absolute atomic E-state index is 14.1. The van der Waals surface area contributed by atoms with Crippen LogP contribution in [0.25, 0.3) is 27.4 Å². The molecule has 3 aromatic heterocycles. The molecule has 1 aromatic carbocycles. The SMILES string of the molecule is COc1cc(F)cc2c1nnc1c(C)nc(-c3sc(C)nc3C)n12. The normalized spacial score (nSPS) is 11.5. The van der Waals surface area contributed by atoms with Gasteiger partial charge < -0.3 is 4.74 Å². The minimum atomic E-state index is -0.400. The molecule has 0 spiro atoms. The van der Waals surface area contributed by atoms with Crippen molar-refractivity contribution < 1.29 is 9.13 Å². The van der Waals surface area contributed by atoms with Gasteiger partial charge in [0, 0.05) is 12.1 Å². The summed E-state index contributed by atoms with van der Waals surface area (Å²) in [5.74, 6) is 0.634. The van der Waals surface area contributed by atoms with Crippen molar-refractivity contribution in [1.29, 1.82) is 0 Å². The predicted molar refractivity (Wildman–Crippen MR) is 90.1 cm³/mol. The molecule has 24 heavy (non-hydrogen) atoms. The molecule has 8 heteroatoms. The van der Waals surface area contributed by atoms with E-state index in [4.69, 9.17) is 4.74 Å². The van der Waals surface area contributed by atoms with E-state index in [1.54, 1.807) is 11.3 Å². The lowest BCUT2D eigenvalue weighted by Gasteiger charge is -2.08. The van der Waals surface area contributed by atoms with Crippen LogP contribution in [-0.2, 0) is 0 Å². The fraction of sp³-hybridized carbons (Fsp3) is 0.250. The Labute approximate surface area is 141 Å². The van der Waals surface area contributed by atoms with Crippen LogP contribution in [0.5, 0.6) is 5.75 Å². The second-order valence-electron chi connectivity index (χ2n) is 5.50. The van der Waals surface area contributed by atoms with E-state index in [2.05, 4.69) is 20.2 Å². The van der Waals surface area contributed by atoms with Crippen LogP contribution in [0.2, 0.25) is 0 Å². The van der Waals surface area contributed by atoms with Crippen LogP contribution in [0.1, 0.15) is 16.4 Å². The van der Waals surface area contributed by atoms with Gasteiger partial charge >= 0.3 is 0 Å². The quantitative estimate of drug-likeness (QED) is 0.557. The molecule has 4 aromatic rings. The van der Waals surface area contributed by atoms with Gasteiger partial charge in [-0.05, 0) is 20.8 Å². The number of hydrogen-bond donors (Lipinski definition) is 0. The molecule has 0 aliphatic heterocycles. The third-order valence-electron chi connectivity index (χ3n) is 3.85. The summed E-state index contributed by atoms with van der Waals surface area (Å²) < 4.78 is 21.1. The van der Waals surface area contributed by atoms with Gasteiger partial charge in [-0.25, -0.2) is 14.4 Å². The minimum absolute atomic E-state index is 0.342. The first kappa shape index (κ1) is 14.9. The lowest BCUT2D eigenvalue weighted by atomic mass is 10.2. The van der Waals surface area contributed by atoms with E-state index < -0.39 is 5.82 Å². The number of benzene rings is 1. The number of methoxy groups -OCH3 is 1. The molecular weight excluding hydrogens is 329 g/mol. The van der Waals surface area contributed by atoms with E-state index in [0.29, 0.717) is 28.3 Å². The average Bonchev–Trinajstić information content (AvgIpc) is 3.05. The molecule has 3 heterocycles. The van der Waals surface area contributed by atoms with Crippen LogP contribution in [0.15, 0.2) is 12.1 Å². The zero-order valence-corrected chi connectivity index (χ0v) is 14.4. The smallest absolute Gasteiger partial charge is 0.183 e. The van der Waals surface area contributed by atoms with Gasteiger partial charge in [0.25, 0.3) is 0 Å². The van der Waals surface area contributed by atoms with E-state index in [1.807, 2.05) is 25.2 Å². The van der Waals surface area contributed by atoms with Crippen LogP contribution < -0.4 is 4.74 Å². The van der Waals surface area contributed by atoms with Crippen molar-refractivity contribution >= 4 is 28.0 Å². The summed E-state index contributed by atoms with van der Waals surface area (Å²) >= 11 is 1.55. The fourth-order valence-corrected chi connectivity index (χ4v) is 3.74. The second-order valence-corrected chi connectivity index (χ2v) is 6.71. The van der Waals surface area contributed by atoms with Crippen molar-refractivity contribution in [2.75, 3.05) is 7.11 Å². The highest BCUT2D eigenvalue weighted by atomic mass is 32.1. The summed E-state index contributed by atoms with van der Waals surface area (Å²) in [7, 11) is 1.48. The molecule has 0 amide bonds. The molecule has 0 N–H and O–H groups in total. The van der Waals surface area contributed by atoms with Crippen molar-refractivity contribution in [1.82, 2.24) is 24.6 Å². The lowest BCUT2D eigenvalue weighted by Crippen LogP contribution is -2.00. The largest absolute Gasteiger partial charge is 0.494 e. The second kappa shape index (κ2) is 5.20. The maximum atomic E-state index is 14.1. The Morgan fingerprint density at radius 3 is 2.54 bits per heavy atom. The molecule has 0 aliphatic carbocycles. The number of nitrogens with zero attached hydrogens (tertiary/aromatic N) is 5. The summed E-state index contributed by atoms with van der Waals surface area (Å²) in [5, 5.41) is 9.41. The van der Waals surface area contributed by atoms with Gasteiger partial charge in [0.2, 0.25) is 0 Å². The number of aryl methyl sites for hydroxylation is 3. The van der Waals surface area contributed by atoms with Gasteiger partial charge in [0.1, 0.15) is 5.82 Å². The molecule has 0 unspecified atom stereocenters. The molecule has 4 rings (SSSR count). The van der Waals surface area contributed by atoms with Crippen molar-refractivity contribution in [3.8, 4) is 16.5 Å². The van der Waals surface area contributed by atoms with Crippen LogP contribution in [0, 0.1) is 26.6 Å². The number of thiazole rings is 1. The topological polar surface area (TPSA) is 65.2 Å². The van der Waals surface area contributed by atoms with E-state index in [9.17, 15) is 4.39 Å². The summed E-state index contributed by atoms with van der Waals surface area (Å²) in [5.41, 5.74) is 3.27. The average molecular weight is 343 g/mol. The van der Waals surface area contributed by atoms with Crippen LogP contribution in [-0.4, -0.2) is 31.7 Å².